The molecule has 0 saturated heterocycles. The first kappa shape index (κ1) is 15.0. The third kappa shape index (κ3) is 2.54. The molecule has 0 fully saturated rings. The van der Waals surface area contributed by atoms with Crippen molar-refractivity contribution in [2.24, 2.45) is 0 Å². The summed E-state index contributed by atoms with van der Waals surface area (Å²) in [6.45, 7) is 0. The van der Waals surface area contributed by atoms with E-state index in [4.69, 9.17) is 4.42 Å². The number of hydrogen-bond donors (Lipinski definition) is 2. The number of benzene rings is 3. The average molecular weight is 330 g/mol. The van der Waals surface area contributed by atoms with Crippen LogP contribution >= 0.6 is 0 Å². The molecule has 2 N–H and O–H groups in total. The second kappa shape index (κ2) is 5.83. The molecule has 0 atom stereocenters. The first-order chi connectivity index (χ1) is 12.1. The summed E-state index contributed by atoms with van der Waals surface area (Å²) in [5.74, 6) is -0.0783. The minimum Gasteiger partial charge on any atom is -0.507 e. The van der Waals surface area contributed by atoms with Crippen LogP contribution in [0.5, 0.6) is 11.5 Å². The van der Waals surface area contributed by atoms with Crippen molar-refractivity contribution in [1.82, 2.24) is 0 Å². The molecule has 0 aliphatic rings. The van der Waals surface area contributed by atoms with Crippen molar-refractivity contribution >= 4 is 11.0 Å². The average Bonchev–Trinajstić information content (AvgIpc) is 2.62. The molecule has 0 spiro atoms. The van der Waals surface area contributed by atoms with Crippen LogP contribution in [0.2, 0.25) is 0 Å². The fraction of sp³-hybridized carbons (Fsp3) is 0. The molecule has 0 aliphatic heterocycles. The summed E-state index contributed by atoms with van der Waals surface area (Å²) >= 11 is 0. The van der Waals surface area contributed by atoms with Gasteiger partial charge in [-0.25, -0.2) is 0 Å². The van der Waals surface area contributed by atoms with Gasteiger partial charge in [0.15, 0.2) is 11.0 Å². The van der Waals surface area contributed by atoms with Gasteiger partial charge in [-0.3, -0.25) is 4.79 Å². The van der Waals surface area contributed by atoms with Gasteiger partial charge in [-0.05, 0) is 5.56 Å². The molecular formula is C21H14O4. The first-order valence-corrected chi connectivity index (χ1v) is 7.79. The maximum Gasteiger partial charge on any atom is 0.197 e. The van der Waals surface area contributed by atoms with Gasteiger partial charge in [-0.1, -0.05) is 60.7 Å². The Hall–Kier alpha value is -3.53. The zero-order valence-corrected chi connectivity index (χ0v) is 13.1. The summed E-state index contributed by atoms with van der Waals surface area (Å²) in [5, 5.41) is 20.6. The highest BCUT2D eigenvalue weighted by molar-refractivity contribution is 5.99. The maximum atomic E-state index is 12.6. The van der Waals surface area contributed by atoms with Gasteiger partial charge in [0.25, 0.3) is 0 Å². The lowest BCUT2D eigenvalue weighted by molar-refractivity contribution is 0.454. The van der Waals surface area contributed by atoms with Crippen LogP contribution in [0.1, 0.15) is 0 Å². The predicted octanol–water partition coefficient (Wildman–Crippen LogP) is 4.54. The van der Waals surface area contributed by atoms with E-state index in [1.165, 1.54) is 12.1 Å². The minimum atomic E-state index is -0.366. The Morgan fingerprint density at radius 2 is 1.32 bits per heavy atom. The van der Waals surface area contributed by atoms with Crippen molar-refractivity contribution in [3.8, 4) is 33.9 Å². The van der Waals surface area contributed by atoms with Crippen LogP contribution in [0, 0.1) is 0 Å². The summed E-state index contributed by atoms with van der Waals surface area (Å²) in [5.41, 5.74) is 1.61. The van der Waals surface area contributed by atoms with E-state index in [1.54, 1.807) is 12.1 Å². The van der Waals surface area contributed by atoms with Gasteiger partial charge in [-0.15, -0.1) is 0 Å². The van der Waals surface area contributed by atoms with Gasteiger partial charge in [0.05, 0.1) is 5.56 Å². The molecule has 25 heavy (non-hydrogen) atoms. The van der Waals surface area contributed by atoms with Gasteiger partial charge >= 0.3 is 0 Å². The second-order valence-corrected chi connectivity index (χ2v) is 5.70. The Labute approximate surface area is 143 Å². The molecule has 0 bridgehead atoms. The van der Waals surface area contributed by atoms with Gasteiger partial charge in [0.1, 0.15) is 22.6 Å². The van der Waals surface area contributed by atoms with Gasteiger partial charge in [-0.2, -0.15) is 0 Å². The fourth-order valence-corrected chi connectivity index (χ4v) is 2.93. The number of hydrogen-bond acceptors (Lipinski definition) is 4. The lowest BCUT2D eigenvalue weighted by Crippen LogP contribution is -2.02. The van der Waals surface area contributed by atoms with Crippen molar-refractivity contribution in [3.05, 3.63) is 83.0 Å². The molecular weight excluding hydrogens is 316 g/mol. The molecule has 0 aliphatic carbocycles. The smallest absolute Gasteiger partial charge is 0.197 e. The van der Waals surface area contributed by atoms with Crippen LogP contribution in [0.15, 0.2) is 82.0 Å². The normalized spacial score (nSPS) is 10.9. The van der Waals surface area contributed by atoms with E-state index in [0.29, 0.717) is 16.9 Å². The number of phenols is 2. The molecule has 0 radical (unpaired) electrons. The van der Waals surface area contributed by atoms with Crippen LogP contribution in [-0.4, -0.2) is 10.2 Å². The number of phenolic OH excluding ortho intramolecular Hbond substituents is 2. The summed E-state index contributed by atoms with van der Waals surface area (Å²) in [6, 6.07) is 20.9. The highest BCUT2D eigenvalue weighted by Crippen LogP contribution is 2.40. The predicted molar refractivity (Wildman–Crippen MR) is 96.7 cm³/mol. The van der Waals surface area contributed by atoms with Gasteiger partial charge in [0.2, 0.25) is 0 Å². The summed E-state index contributed by atoms with van der Waals surface area (Å²) in [6.07, 6.45) is 0. The molecule has 4 nitrogen and oxygen atoms in total. The number of fused-ring (bicyclic) bond motifs is 1. The Bertz CT molecular complexity index is 1110. The van der Waals surface area contributed by atoms with Crippen LogP contribution in [-0.2, 0) is 0 Å². The lowest BCUT2D eigenvalue weighted by Gasteiger charge is -2.11. The van der Waals surface area contributed by atoms with E-state index in [1.807, 2.05) is 48.5 Å². The van der Waals surface area contributed by atoms with Gasteiger partial charge < -0.3 is 14.6 Å². The Kier molecular flexibility index (Phi) is 3.51. The molecule has 0 unspecified atom stereocenters. The lowest BCUT2D eigenvalue weighted by atomic mass is 10.0. The fourth-order valence-electron chi connectivity index (χ4n) is 2.93. The highest BCUT2D eigenvalue weighted by Gasteiger charge is 2.19. The zero-order chi connectivity index (χ0) is 17.4. The van der Waals surface area contributed by atoms with E-state index < -0.39 is 0 Å². The van der Waals surface area contributed by atoms with Crippen molar-refractivity contribution in [3.63, 3.8) is 0 Å². The minimum absolute atomic E-state index is 0.0522. The van der Waals surface area contributed by atoms with Crippen LogP contribution in [0.3, 0.4) is 0 Å². The van der Waals surface area contributed by atoms with Crippen LogP contribution < -0.4 is 5.43 Å². The molecule has 3 aromatic carbocycles. The summed E-state index contributed by atoms with van der Waals surface area (Å²) in [4.78, 5) is 12.6. The molecule has 122 valence electrons. The quantitative estimate of drug-likeness (QED) is 0.566. The highest BCUT2D eigenvalue weighted by atomic mass is 16.3. The van der Waals surface area contributed by atoms with E-state index in [2.05, 4.69) is 0 Å². The number of rotatable bonds is 2. The first-order valence-electron chi connectivity index (χ1n) is 7.79. The molecule has 0 amide bonds. The monoisotopic (exact) mass is 330 g/mol. The van der Waals surface area contributed by atoms with E-state index >= 15 is 0 Å². The van der Waals surface area contributed by atoms with Crippen molar-refractivity contribution in [2.45, 2.75) is 0 Å². The number of aromatic hydroxyl groups is 2. The topological polar surface area (TPSA) is 70.7 Å². The molecule has 1 heterocycles. The SMILES string of the molecule is O=c1cc(-c2ccccc2)oc2c(-c3ccccc3)c(O)cc(O)c12. The zero-order valence-electron chi connectivity index (χ0n) is 13.1. The largest absolute Gasteiger partial charge is 0.507 e. The maximum absolute atomic E-state index is 12.6. The van der Waals surface area contributed by atoms with Crippen molar-refractivity contribution in [2.75, 3.05) is 0 Å². The molecule has 0 saturated carbocycles. The third-order valence-electron chi connectivity index (χ3n) is 4.08. The molecule has 4 rings (SSSR count). The van der Waals surface area contributed by atoms with Crippen molar-refractivity contribution in [1.29, 1.82) is 0 Å². The van der Waals surface area contributed by atoms with E-state index in [0.717, 1.165) is 5.56 Å². The van der Waals surface area contributed by atoms with Crippen molar-refractivity contribution < 1.29 is 14.6 Å². The Balaban J connectivity index is 2.12. The Morgan fingerprint density at radius 3 is 1.96 bits per heavy atom. The third-order valence-corrected chi connectivity index (χ3v) is 4.08. The second-order valence-electron chi connectivity index (χ2n) is 5.70. The standard InChI is InChI=1S/C21H14O4/c22-15-11-16(23)20-17(24)12-18(13-7-3-1-4-8-13)25-21(20)19(15)14-9-5-2-6-10-14/h1-12,22-23H. The molecule has 1 aromatic heterocycles. The Morgan fingerprint density at radius 1 is 0.720 bits per heavy atom. The molecule has 4 heteroatoms. The van der Waals surface area contributed by atoms with Crippen LogP contribution in [0.25, 0.3) is 33.4 Å². The van der Waals surface area contributed by atoms with E-state index in [9.17, 15) is 15.0 Å². The van der Waals surface area contributed by atoms with Gasteiger partial charge in [0, 0.05) is 17.7 Å². The molecule has 4 aromatic rings. The summed E-state index contributed by atoms with van der Waals surface area (Å²) in [7, 11) is 0. The van der Waals surface area contributed by atoms with Crippen LogP contribution in [0.4, 0.5) is 0 Å². The summed E-state index contributed by atoms with van der Waals surface area (Å²) < 4.78 is 5.96. The van der Waals surface area contributed by atoms with E-state index in [-0.39, 0.29) is 27.9 Å².